The Labute approximate surface area is 132 Å². The van der Waals surface area contributed by atoms with Crippen molar-refractivity contribution in [1.82, 2.24) is 0 Å². The fraction of sp³-hybridized carbons (Fsp3) is 0.0909. The van der Waals surface area contributed by atoms with Gasteiger partial charge in [0.25, 0.3) is 0 Å². The first-order valence-corrected chi connectivity index (χ1v) is 7.69. The number of rotatable bonds is 5. The third-order valence-corrected chi connectivity index (χ3v) is 3.97. The van der Waals surface area contributed by atoms with Gasteiger partial charge in [0.1, 0.15) is 0 Å². The Kier molecular flexibility index (Phi) is 4.50. The van der Waals surface area contributed by atoms with Gasteiger partial charge in [-0.25, -0.2) is 0 Å². The second-order valence-electron chi connectivity index (χ2n) is 5.46. The molecular weight excluding hydrogens is 264 g/mol. The van der Waals surface area contributed by atoms with Crippen LogP contribution in [0.2, 0.25) is 0 Å². The van der Waals surface area contributed by atoms with Crippen LogP contribution < -0.4 is 0 Å². The van der Waals surface area contributed by atoms with Gasteiger partial charge in [0.05, 0.1) is 0 Å². The maximum Gasteiger partial charge on any atom is -0.00168 e. The molecule has 0 saturated carbocycles. The van der Waals surface area contributed by atoms with Gasteiger partial charge >= 0.3 is 0 Å². The molecule has 0 amide bonds. The fourth-order valence-electron chi connectivity index (χ4n) is 2.86. The first-order chi connectivity index (χ1) is 10.9. The summed E-state index contributed by atoms with van der Waals surface area (Å²) < 4.78 is 0. The highest BCUT2D eigenvalue weighted by Gasteiger charge is 2.07. The molecule has 22 heavy (non-hydrogen) atoms. The Hall–Kier alpha value is -2.60. The summed E-state index contributed by atoms with van der Waals surface area (Å²) >= 11 is 0. The summed E-state index contributed by atoms with van der Waals surface area (Å²) in [5, 5.41) is 0. The highest BCUT2D eigenvalue weighted by Crippen LogP contribution is 2.26. The zero-order chi connectivity index (χ0) is 15.2. The van der Waals surface area contributed by atoms with Crippen LogP contribution in [-0.2, 0) is 12.8 Å². The number of hydrogen-bond donors (Lipinski definition) is 0. The van der Waals surface area contributed by atoms with E-state index in [0.29, 0.717) is 0 Å². The van der Waals surface area contributed by atoms with Crippen molar-refractivity contribution in [3.8, 4) is 11.1 Å². The lowest BCUT2D eigenvalue weighted by molar-refractivity contribution is 1.12. The van der Waals surface area contributed by atoms with Crippen molar-refractivity contribution >= 4 is 0 Å². The van der Waals surface area contributed by atoms with Crippen LogP contribution in [0.3, 0.4) is 0 Å². The molecule has 0 bridgehead atoms. The molecule has 0 heteroatoms. The Morgan fingerprint density at radius 1 is 0.636 bits per heavy atom. The molecule has 108 valence electrons. The van der Waals surface area contributed by atoms with E-state index in [0.717, 1.165) is 12.8 Å². The van der Waals surface area contributed by atoms with Crippen LogP contribution in [0.5, 0.6) is 0 Å². The van der Waals surface area contributed by atoms with Gasteiger partial charge in [-0.1, -0.05) is 84.9 Å². The highest BCUT2D eigenvalue weighted by molar-refractivity contribution is 5.67. The average molecular weight is 284 g/mol. The first-order valence-electron chi connectivity index (χ1n) is 7.69. The number of allylic oxidation sites excluding steroid dienone is 1. The molecule has 0 aliphatic carbocycles. The standard InChI is InChI=1S/C22H20/c1-2-10-18-11-6-7-14-20(18)17-21-15-8-9-16-22(21)19-12-4-3-5-13-19/h2-9,11-16H,1,10,17H2. The van der Waals surface area contributed by atoms with Crippen LogP contribution in [0.15, 0.2) is 91.5 Å². The third kappa shape index (κ3) is 3.17. The summed E-state index contributed by atoms with van der Waals surface area (Å²) in [6.45, 7) is 3.87. The molecule has 3 rings (SSSR count). The lowest BCUT2D eigenvalue weighted by Gasteiger charge is -2.12. The molecule has 0 aromatic heterocycles. The summed E-state index contributed by atoms with van der Waals surface area (Å²) in [4.78, 5) is 0. The Morgan fingerprint density at radius 2 is 1.23 bits per heavy atom. The summed E-state index contributed by atoms with van der Waals surface area (Å²) in [5.41, 5.74) is 6.70. The van der Waals surface area contributed by atoms with E-state index in [1.54, 1.807) is 0 Å². The predicted molar refractivity (Wildman–Crippen MR) is 95.0 cm³/mol. The van der Waals surface area contributed by atoms with Crippen LogP contribution in [0.4, 0.5) is 0 Å². The topological polar surface area (TPSA) is 0 Å². The van der Waals surface area contributed by atoms with Crippen molar-refractivity contribution in [3.63, 3.8) is 0 Å². The highest BCUT2D eigenvalue weighted by atomic mass is 14.1. The summed E-state index contributed by atoms with van der Waals surface area (Å²) in [6.07, 6.45) is 3.85. The maximum atomic E-state index is 3.87. The van der Waals surface area contributed by atoms with E-state index in [-0.39, 0.29) is 0 Å². The largest absolute Gasteiger partial charge is 0.103 e. The monoisotopic (exact) mass is 284 g/mol. The minimum atomic E-state index is 0.920. The van der Waals surface area contributed by atoms with Crippen LogP contribution in [0, 0.1) is 0 Å². The Balaban J connectivity index is 1.99. The quantitative estimate of drug-likeness (QED) is 0.529. The molecule has 0 aliphatic heterocycles. The first kappa shape index (κ1) is 14.3. The molecule has 0 heterocycles. The van der Waals surface area contributed by atoms with Gasteiger partial charge in [0.2, 0.25) is 0 Å². The molecule has 3 aromatic carbocycles. The zero-order valence-electron chi connectivity index (χ0n) is 12.7. The van der Waals surface area contributed by atoms with Crippen molar-refractivity contribution in [2.24, 2.45) is 0 Å². The Bertz CT molecular complexity index is 754. The van der Waals surface area contributed by atoms with Gasteiger partial charge in [-0.3, -0.25) is 0 Å². The molecule has 0 atom stereocenters. The summed E-state index contributed by atoms with van der Waals surface area (Å²) in [5.74, 6) is 0. The number of hydrogen-bond acceptors (Lipinski definition) is 0. The van der Waals surface area contributed by atoms with E-state index < -0.39 is 0 Å². The molecule has 0 radical (unpaired) electrons. The second kappa shape index (κ2) is 6.91. The van der Waals surface area contributed by atoms with Gasteiger partial charge in [-0.2, -0.15) is 0 Å². The maximum absolute atomic E-state index is 3.87. The van der Waals surface area contributed by atoms with E-state index in [1.165, 1.54) is 27.8 Å². The van der Waals surface area contributed by atoms with Crippen LogP contribution >= 0.6 is 0 Å². The molecule has 0 nitrogen and oxygen atoms in total. The van der Waals surface area contributed by atoms with E-state index in [2.05, 4.69) is 85.4 Å². The third-order valence-electron chi connectivity index (χ3n) is 3.97. The Morgan fingerprint density at radius 3 is 1.95 bits per heavy atom. The van der Waals surface area contributed by atoms with Crippen LogP contribution in [0.1, 0.15) is 16.7 Å². The van der Waals surface area contributed by atoms with E-state index >= 15 is 0 Å². The lowest BCUT2D eigenvalue weighted by atomic mass is 9.92. The molecule has 0 unspecified atom stereocenters. The zero-order valence-corrected chi connectivity index (χ0v) is 12.7. The summed E-state index contributed by atoms with van der Waals surface area (Å²) in [7, 11) is 0. The lowest BCUT2D eigenvalue weighted by Crippen LogP contribution is -1.96. The minimum Gasteiger partial charge on any atom is -0.103 e. The second-order valence-corrected chi connectivity index (χ2v) is 5.46. The van der Waals surface area contributed by atoms with E-state index in [4.69, 9.17) is 0 Å². The number of benzene rings is 3. The van der Waals surface area contributed by atoms with Crippen molar-refractivity contribution in [1.29, 1.82) is 0 Å². The van der Waals surface area contributed by atoms with Crippen LogP contribution in [0.25, 0.3) is 11.1 Å². The molecule has 0 saturated heterocycles. The molecule has 0 fully saturated rings. The van der Waals surface area contributed by atoms with Crippen molar-refractivity contribution < 1.29 is 0 Å². The van der Waals surface area contributed by atoms with Gasteiger partial charge in [0, 0.05) is 0 Å². The van der Waals surface area contributed by atoms with Crippen molar-refractivity contribution in [2.75, 3.05) is 0 Å². The normalized spacial score (nSPS) is 10.4. The van der Waals surface area contributed by atoms with Crippen molar-refractivity contribution in [3.05, 3.63) is 108 Å². The molecule has 3 aromatic rings. The van der Waals surface area contributed by atoms with Gasteiger partial charge < -0.3 is 0 Å². The molecule has 0 aliphatic rings. The predicted octanol–water partition coefficient (Wildman–Crippen LogP) is 5.67. The molecule has 0 N–H and O–H groups in total. The molecule has 0 spiro atoms. The molecular formula is C22H20. The van der Waals surface area contributed by atoms with Gasteiger partial charge in [0.15, 0.2) is 0 Å². The van der Waals surface area contributed by atoms with E-state index in [1.807, 2.05) is 6.08 Å². The minimum absolute atomic E-state index is 0.920. The average Bonchev–Trinajstić information content (AvgIpc) is 2.58. The smallest absolute Gasteiger partial charge is 0.00168 e. The van der Waals surface area contributed by atoms with E-state index in [9.17, 15) is 0 Å². The summed E-state index contributed by atoms with van der Waals surface area (Å²) in [6, 6.07) is 27.9. The van der Waals surface area contributed by atoms with Crippen molar-refractivity contribution in [2.45, 2.75) is 12.8 Å². The van der Waals surface area contributed by atoms with Crippen LogP contribution in [-0.4, -0.2) is 0 Å². The van der Waals surface area contributed by atoms with Gasteiger partial charge in [-0.15, -0.1) is 6.58 Å². The SMILES string of the molecule is C=CCc1ccccc1Cc1ccccc1-c1ccccc1. The fourth-order valence-corrected chi connectivity index (χ4v) is 2.86. The van der Waals surface area contributed by atoms with Gasteiger partial charge in [-0.05, 0) is 40.7 Å².